The number of ether oxygens (including phenoxy) is 1. The molecule has 0 aliphatic carbocycles. The highest BCUT2D eigenvalue weighted by Gasteiger charge is 2.21. The number of nitrogens with zero attached hydrogens (tertiary/aromatic N) is 4. The molecule has 1 aromatic carbocycles. The minimum absolute atomic E-state index is 0.00881. The molecule has 1 aliphatic heterocycles. The SMILES string of the molecule is Cn1nccc1Nc1nn(C2CCCCO2)c2ccc(Br)cc12. The van der Waals surface area contributed by atoms with Crippen LogP contribution in [0.4, 0.5) is 11.6 Å². The van der Waals surface area contributed by atoms with Crippen LogP contribution in [0.3, 0.4) is 0 Å². The first-order valence-electron chi connectivity index (χ1n) is 7.77. The summed E-state index contributed by atoms with van der Waals surface area (Å²) < 4.78 is 10.7. The maximum Gasteiger partial charge on any atom is 0.161 e. The molecule has 23 heavy (non-hydrogen) atoms. The molecule has 0 amide bonds. The van der Waals surface area contributed by atoms with Crippen molar-refractivity contribution in [3.63, 3.8) is 0 Å². The molecule has 7 heteroatoms. The number of hydrogen-bond acceptors (Lipinski definition) is 4. The molecule has 0 spiro atoms. The van der Waals surface area contributed by atoms with Crippen molar-refractivity contribution < 1.29 is 4.74 Å². The number of anilines is 2. The minimum Gasteiger partial charge on any atom is -0.356 e. The number of rotatable bonds is 3. The molecule has 6 nitrogen and oxygen atoms in total. The number of benzene rings is 1. The van der Waals surface area contributed by atoms with Gasteiger partial charge in [-0.2, -0.15) is 10.2 Å². The van der Waals surface area contributed by atoms with Crippen LogP contribution in [0.2, 0.25) is 0 Å². The van der Waals surface area contributed by atoms with Crippen molar-refractivity contribution in [3.8, 4) is 0 Å². The summed E-state index contributed by atoms with van der Waals surface area (Å²) in [6, 6.07) is 8.14. The highest BCUT2D eigenvalue weighted by Crippen LogP contribution is 2.33. The van der Waals surface area contributed by atoms with Crippen molar-refractivity contribution >= 4 is 38.5 Å². The Balaban J connectivity index is 1.80. The number of fused-ring (bicyclic) bond motifs is 1. The van der Waals surface area contributed by atoms with Crippen molar-refractivity contribution in [3.05, 3.63) is 34.9 Å². The molecule has 3 aromatic rings. The lowest BCUT2D eigenvalue weighted by molar-refractivity contribution is -0.0365. The molecule has 1 aliphatic rings. The molecule has 120 valence electrons. The van der Waals surface area contributed by atoms with Crippen LogP contribution in [0.15, 0.2) is 34.9 Å². The predicted molar refractivity (Wildman–Crippen MR) is 92.8 cm³/mol. The van der Waals surface area contributed by atoms with E-state index in [1.807, 2.05) is 23.9 Å². The van der Waals surface area contributed by atoms with Gasteiger partial charge < -0.3 is 10.1 Å². The van der Waals surface area contributed by atoms with Crippen molar-refractivity contribution in [1.29, 1.82) is 0 Å². The van der Waals surface area contributed by atoms with E-state index in [1.165, 1.54) is 6.42 Å². The summed E-state index contributed by atoms with van der Waals surface area (Å²) in [6.07, 6.45) is 5.07. The largest absolute Gasteiger partial charge is 0.356 e. The summed E-state index contributed by atoms with van der Waals surface area (Å²) in [5, 5.41) is 13.4. The van der Waals surface area contributed by atoms with Gasteiger partial charge in [-0.3, -0.25) is 4.68 Å². The molecule has 0 bridgehead atoms. The van der Waals surface area contributed by atoms with Crippen LogP contribution in [0, 0.1) is 0 Å². The van der Waals surface area contributed by atoms with Crippen LogP contribution in [0.5, 0.6) is 0 Å². The molecule has 0 radical (unpaired) electrons. The first-order valence-corrected chi connectivity index (χ1v) is 8.56. The lowest BCUT2D eigenvalue weighted by Gasteiger charge is -2.23. The number of halogens is 1. The van der Waals surface area contributed by atoms with E-state index in [4.69, 9.17) is 9.84 Å². The van der Waals surface area contributed by atoms with Gasteiger partial charge in [0.15, 0.2) is 12.0 Å². The van der Waals surface area contributed by atoms with Crippen LogP contribution < -0.4 is 5.32 Å². The van der Waals surface area contributed by atoms with Crippen molar-refractivity contribution in [2.24, 2.45) is 7.05 Å². The lowest BCUT2D eigenvalue weighted by Crippen LogP contribution is -2.19. The Bertz CT molecular complexity index is 834. The van der Waals surface area contributed by atoms with Crippen LogP contribution in [-0.4, -0.2) is 26.2 Å². The fourth-order valence-electron chi connectivity index (χ4n) is 2.96. The van der Waals surface area contributed by atoms with Crippen LogP contribution in [0.1, 0.15) is 25.5 Å². The highest BCUT2D eigenvalue weighted by atomic mass is 79.9. The van der Waals surface area contributed by atoms with Gasteiger partial charge in [-0.05, 0) is 37.5 Å². The fraction of sp³-hybridized carbons (Fsp3) is 0.375. The molecule has 1 saturated heterocycles. The summed E-state index contributed by atoms with van der Waals surface area (Å²) in [7, 11) is 1.90. The van der Waals surface area contributed by atoms with Gasteiger partial charge >= 0.3 is 0 Å². The van der Waals surface area contributed by atoms with Gasteiger partial charge in [0.1, 0.15) is 5.82 Å². The van der Waals surface area contributed by atoms with Gasteiger partial charge in [0, 0.05) is 29.6 Å². The fourth-order valence-corrected chi connectivity index (χ4v) is 3.32. The Hall–Kier alpha value is -1.86. The molecular weight excluding hydrogens is 358 g/mol. The van der Waals surface area contributed by atoms with Gasteiger partial charge in [-0.1, -0.05) is 15.9 Å². The predicted octanol–water partition coefficient (Wildman–Crippen LogP) is 3.98. The highest BCUT2D eigenvalue weighted by molar-refractivity contribution is 9.10. The molecule has 1 N–H and O–H groups in total. The second kappa shape index (κ2) is 5.98. The maximum atomic E-state index is 5.92. The smallest absolute Gasteiger partial charge is 0.161 e. The quantitative estimate of drug-likeness (QED) is 0.752. The van der Waals surface area contributed by atoms with E-state index in [0.29, 0.717) is 0 Å². The van der Waals surface area contributed by atoms with E-state index in [2.05, 4.69) is 38.5 Å². The minimum atomic E-state index is 0.00881. The Labute approximate surface area is 142 Å². The molecule has 1 unspecified atom stereocenters. The van der Waals surface area contributed by atoms with Gasteiger partial charge in [-0.15, -0.1) is 0 Å². The summed E-state index contributed by atoms with van der Waals surface area (Å²) in [5.41, 5.74) is 1.07. The standard InChI is InChI=1S/C16H18BrN5O/c1-21-14(7-8-18-21)19-16-12-10-11(17)5-6-13(12)22(20-16)15-4-2-3-9-23-15/h5-8,10,15H,2-4,9H2,1H3,(H,19,20). The van der Waals surface area contributed by atoms with Crippen LogP contribution in [0.25, 0.3) is 10.9 Å². The van der Waals surface area contributed by atoms with Gasteiger partial charge in [0.25, 0.3) is 0 Å². The Morgan fingerprint density at radius 2 is 2.22 bits per heavy atom. The number of aromatic nitrogens is 4. The summed E-state index contributed by atoms with van der Waals surface area (Å²) in [4.78, 5) is 0. The van der Waals surface area contributed by atoms with Gasteiger partial charge in [-0.25, -0.2) is 4.68 Å². The zero-order valence-electron chi connectivity index (χ0n) is 12.9. The number of nitrogens with one attached hydrogen (secondary N) is 1. The van der Waals surface area contributed by atoms with E-state index in [-0.39, 0.29) is 6.23 Å². The van der Waals surface area contributed by atoms with Crippen LogP contribution >= 0.6 is 15.9 Å². The second-order valence-electron chi connectivity index (χ2n) is 5.74. The first kappa shape index (κ1) is 14.7. The number of hydrogen-bond donors (Lipinski definition) is 1. The Morgan fingerprint density at radius 1 is 1.30 bits per heavy atom. The molecule has 4 rings (SSSR count). The molecule has 1 atom stereocenters. The summed E-state index contributed by atoms with van der Waals surface area (Å²) in [6.45, 7) is 0.799. The molecule has 3 heterocycles. The Morgan fingerprint density at radius 3 is 2.96 bits per heavy atom. The van der Waals surface area contributed by atoms with E-state index in [0.717, 1.165) is 46.5 Å². The van der Waals surface area contributed by atoms with Crippen LogP contribution in [-0.2, 0) is 11.8 Å². The normalized spacial score (nSPS) is 18.4. The molecular formula is C16H18BrN5O. The number of aryl methyl sites for hydroxylation is 1. The van der Waals surface area contributed by atoms with Gasteiger partial charge in [0.05, 0.1) is 11.7 Å². The summed E-state index contributed by atoms with van der Waals surface area (Å²) >= 11 is 3.55. The van der Waals surface area contributed by atoms with E-state index >= 15 is 0 Å². The third-order valence-corrected chi connectivity index (χ3v) is 4.66. The van der Waals surface area contributed by atoms with Crippen molar-refractivity contribution in [1.82, 2.24) is 19.6 Å². The monoisotopic (exact) mass is 375 g/mol. The molecule has 1 fully saturated rings. The van der Waals surface area contributed by atoms with Crippen molar-refractivity contribution in [2.45, 2.75) is 25.5 Å². The Kier molecular flexibility index (Phi) is 3.82. The third-order valence-electron chi connectivity index (χ3n) is 4.16. The van der Waals surface area contributed by atoms with E-state index < -0.39 is 0 Å². The first-order chi connectivity index (χ1) is 11.2. The maximum absolute atomic E-state index is 5.92. The second-order valence-corrected chi connectivity index (χ2v) is 6.66. The molecule has 2 aromatic heterocycles. The van der Waals surface area contributed by atoms with E-state index in [1.54, 1.807) is 10.9 Å². The average molecular weight is 376 g/mol. The third kappa shape index (κ3) is 2.74. The van der Waals surface area contributed by atoms with Gasteiger partial charge in [0.2, 0.25) is 0 Å². The zero-order chi connectivity index (χ0) is 15.8. The average Bonchev–Trinajstić information content (AvgIpc) is 3.13. The molecule has 0 saturated carbocycles. The van der Waals surface area contributed by atoms with Crippen molar-refractivity contribution in [2.75, 3.05) is 11.9 Å². The topological polar surface area (TPSA) is 56.9 Å². The summed E-state index contributed by atoms with van der Waals surface area (Å²) in [5.74, 6) is 1.72. The zero-order valence-corrected chi connectivity index (χ0v) is 14.5. The van der Waals surface area contributed by atoms with E-state index in [9.17, 15) is 0 Å². The lowest BCUT2D eigenvalue weighted by atomic mass is 10.2.